The molecule has 9 nitrogen and oxygen atoms in total. The summed E-state index contributed by atoms with van der Waals surface area (Å²) < 4.78 is 55.9. The average Bonchev–Trinajstić information content (AvgIpc) is 2.71. The van der Waals surface area contributed by atoms with Crippen LogP contribution in [0.1, 0.15) is 5.56 Å². The van der Waals surface area contributed by atoms with E-state index in [0.717, 1.165) is 26.2 Å². The number of carbonyl (C=O) groups excluding carboxylic acids is 1. The fourth-order valence-corrected chi connectivity index (χ4v) is 4.48. The molecular formula is C20H27N3O6S2. The van der Waals surface area contributed by atoms with E-state index in [1.54, 1.807) is 7.11 Å². The number of carbonyl (C=O) groups is 1. The number of methoxy groups -OCH3 is 1. The predicted molar refractivity (Wildman–Crippen MR) is 119 cm³/mol. The Bertz CT molecular complexity index is 1100. The number of ether oxygens (including phenoxy) is 1. The standard InChI is InChI=1S/C20H27N3O6S2/c1-22(2)31(27,28)19-11-7-17(8-12-19)23(30(4,25)26)15-20(24)21-14-13-16-5-9-18(29-3)10-6-16/h5-12H,13-15H2,1-4H3,(H,21,24). The summed E-state index contributed by atoms with van der Waals surface area (Å²) in [4.78, 5) is 12.4. The summed E-state index contributed by atoms with van der Waals surface area (Å²) in [6.45, 7) is -0.0794. The summed E-state index contributed by atoms with van der Waals surface area (Å²) in [5.41, 5.74) is 1.20. The maximum atomic E-state index is 12.3. The van der Waals surface area contributed by atoms with Crippen molar-refractivity contribution in [1.82, 2.24) is 9.62 Å². The fraction of sp³-hybridized carbons (Fsp3) is 0.350. The summed E-state index contributed by atoms with van der Waals surface area (Å²) in [6.07, 6.45) is 1.56. The van der Waals surface area contributed by atoms with Crippen LogP contribution >= 0.6 is 0 Å². The molecule has 0 aliphatic rings. The molecule has 0 aromatic heterocycles. The molecule has 0 unspecified atom stereocenters. The molecule has 11 heteroatoms. The zero-order chi connectivity index (χ0) is 23.2. The number of anilines is 1. The van der Waals surface area contributed by atoms with Gasteiger partial charge in [0.05, 0.1) is 23.9 Å². The first-order chi connectivity index (χ1) is 14.4. The summed E-state index contributed by atoms with van der Waals surface area (Å²) in [5, 5.41) is 2.70. The van der Waals surface area contributed by atoms with Crippen molar-refractivity contribution < 1.29 is 26.4 Å². The minimum Gasteiger partial charge on any atom is -0.497 e. The van der Waals surface area contributed by atoms with Gasteiger partial charge < -0.3 is 10.1 Å². The second-order valence-electron chi connectivity index (χ2n) is 7.00. The zero-order valence-electron chi connectivity index (χ0n) is 17.9. The Morgan fingerprint density at radius 3 is 2.03 bits per heavy atom. The number of hydrogen-bond donors (Lipinski definition) is 1. The Labute approximate surface area is 183 Å². The van der Waals surface area contributed by atoms with Crippen molar-refractivity contribution in [1.29, 1.82) is 0 Å². The second kappa shape index (κ2) is 10.1. The van der Waals surface area contributed by atoms with Gasteiger partial charge in [-0.2, -0.15) is 0 Å². The van der Waals surface area contributed by atoms with Crippen molar-refractivity contribution in [3.63, 3.8) is 0 Å². The summed E-state index contributed by atoms with van der Waals surface area (Å²) in [7, 11) is -3.02. The van der Waals surface area contributed by atoms with Crippen LogP contribution in [0.3, 0.4) is 0 Å². The largest absolute Gasteiger partial charge is 0.497 e. The molecule has 0 atom stereocenters. The summed E-state index contributed by atoms with van der Waals surface area (Å²) in [6, 6.07) is 12.8. The third-order valence-corrected chi connectivity index (χ3v) is 7.46. The lowest BCUT2D eigenvalue weighted by Crippen LogP contribution is -2.41. The minimum atomic E-state index is -3.76. The third-order valence-electron chi connectivity index (χ3n) is 4.49. The molecule has 0 aliphatic carbocycles. The monoisotopic (exact) mass is 469 g/mol. The van der Waals surface area contributed by atoms with Crippen LogP contribution in [-0.4, -0.2) is 67.6 Å². The molecule has 2 aromatic rings. The number of nitrogens with zero attached hydrogens (tertiary/aromatic N) is 2. The molecular weight excluding hydrogens is 442 g/mol. The highest BCUT2D eigenvalue weighted by atomic mass is 32.2. The Hall–Kier alpha value is -2.63. The molecule has 0 heterocycles. The van der Waals surface area contributed by atoms with Crippen LogP contribution in [0.25, 0.3) is 0 Å². The van der Waals surface area contributed by atoms with E-state index >= 15 is 0 Å². The van der Waals surface area contributed by atoms with Crippen molar-refractivity contribution in [2.45, 2.75) is 11.3 Å². The van der Waals surface area contributed by atoms with Gasteiger partial charge in [-0.05, 0) is 48.4 Å². The molecule has 31 heavy (non-hydrogen) atoms. The first kappa shape index (κ1) is 24.6. The van der Waals surface area contributed by atoms with Crippen molar-refractivity contribution in [3.05, 3.63) is 54.1 Å². The second-order valence-corrected chi connectivity index (χ2v) is 11.1. The third kappa shape index (κ3) is 6.68. The molecule has 1 N–H and O–H groups in total. The van der Waals surface area contributed by atoms with E-state index < -0.39 is 32.5 Å². The normalized spacial score (nSPS) is 11.9. The van der Waals surface area contributed by atoms with Crippen molar-refractivity contribution in [3.8, 4) is 5.75 Å². The molecule has 2 aromatic carbocycles. The number of amides is 1. The van der Waals surface area contributed by atoms with Crippen LogP contribution in [-0.2, 0) is 31.3 Å². The van der Waals surface area contributed by atoms with Gasteiger partial charge in [0.25, 0.3) is 0 Å². The van der Waals surface area contributed by atoms with Crippen LogP contribution in [0, 0.1) is 0 Å². The number of nitrogens with one attached hydrogen (secondary N) is 1. The van der Waals surface area contributed by atoms with Crippen LogP contribution in [0.15, 0.2) is 53.4 Å². The van der Waals surface area contributed by atoms with E-state index in [-0.39, 0.29) is 10.6 Å². The van der Waals surface area contributed by atoms with Crippen LogP contribution in [0.4, 0.5) is 5.69 Å². The predicted octanol–water partition coefficient (Wildman–Crippen LogP) is 1.07. The van der Waals surface area contributed by atoms with E-state index in [9.17, 15) is 21.6 Å². The molecule has 0 bridgehead atoms. The smallest absolute Gasteiger partial charge is 0.242 e. The van der Waals surface area contributed by atoms with Crippen LogP contribution < -0.4 is 14.4 Å². The maximum Gasteiger partial charge on any atom is 0.242 e. The zero-order valence-corrected chi connectivity index (χ0v) is 19.5. The minimum absolute atomic E-state index is 0.0265. The molecule has 0 saturated heterocycles. The highest BCUT2D eigenvalue weighted by Crippen LogP contribution is 2.21. The number of sulfonamides is 2. The lowest BCUT2D eigenvalue weighted by molar-refractivity contribution is -0.119. The molecule has 0 aliphatic heterocycles. The quantitative estimate of drug-likeness (QED) is 0.557. The molecule has 0 radical (unpaired) electrons. The first-order valence-corrected chi connectivity index (χ1v) is 12.6. The van der Waals surface area contributed by atoms with Gasteiger partial charge in [0, 0.05) is 20.6 Å². The van der Waals surface area contributed by atoms with Crippen molar-refractivity contribution in [2.75, 3.05) is 44.9 Å². The van der Waals surface area contributed by atoms with Crippen molar-refractivity contribution in [2.24, 2.45) is 0 Å². The molecule has 0 spiro atoms. The Balaban J connectivity index is 2.05. The van der Waals surface area contributed by atoms with E-state index in [0.29, 0.717) is 13.0 Å². The first-order valence-electron chi connectivity index (χ1n) is 9.35. The number of benzene rings is 2. The summed E-state index contributed by atoms with van der Waals surface area (Å²) in [5.74, 6) is 0.268. The van der Waals surface area contributed by atoms with E-state index in [4.69, 9.17) is 4.74 Å². The lowest BCUT2D eigenvalue weighted by Gasteiger charge is -2.22. The highest BCUT2D eigenvalue weighted by molar-refractivity contribution is 7.92. The van der Waals surface area contributed by atoms with Crippen LogP contribution in [0.2, 0.25) is 0 Å². The molecule has 2 rings (SSSR count). The van der Waals surface area contributed by atoms with E-state index in [1.165, 1.54) is 38.4 Å². The van der Waals surface area contributed by atoms with Crippen LogP contribution in [0.5, 0.6) is 5.75 Å². The lowest BCUT2D eigenvalue weighted by atomic mass is 10.1. The summed E-state index contributed by atoms with van der Waals surface area (Å²) >= 11 is 0. The average molecular weight is 470 g/mol. The van der Waals surface area contributed by atoms with Gasteiger partial charge in [-0.3, -0.25) is 9.10 Å². The van der Waals surface area contributed by atoms with Gasteiger partial charge in [0.1, 0.15) is 12.3 Å². The molecule has 170 valence electrons. The Kier molecular flexibility index (Phi) is 8.04. The maximum absolute atomic E-state index is 12.3. The van der Waals surface area contributed by atoms with Gasteiger partial charge in [-0.15, -0.1) is 0 Å². The van der Waals surface area contributed by atoms with Gasteiger partial charge in [0.15, 0.2) is 0 Å². The van der Waals surface area contributed by atoms with Gasteiger partial charge in [0.2, 0.25) is 26.0 Å². The van der Waals surface area contributed by atoms with E-state index in [2.05, 4.69) is 5.32 Å². The SMILES string of the molecule is COc1ccc(CCNC(=O)CN(c2ccc(S(=O)(=O)N(C)C)cc2)S(C)(=O)=O)cc1. The van der Waals surface area contributed by atoms with Gasteiger partial charge in [-0.1, -0.05) is 12.1 Å². The highest BCUT2D eigenvalue weighted by Gasteiger charge is 2.22. The van der Waals surface area contributed by atoms with Gasteiger partial charge >= 0.3 is 0 Å². The fourth-order valence-electron chi connectivity index (χ4n) is 2.72. The Morgan fingerprint density at radius 1 is 0.968 bits per heavy atom. The van der Waals surface area contributed by atoms with Crippen molar-refractivity contribution >= 4 is 31.6 Å². The van der Waals surface area contributed by atoms with Gasteiger partial charge in [-0.25, -0.2) is 21.1 Å². The number of hydrogen-bond acceptors (Lipinski definition) is 6. The molecule has 1 amide bonds. The molecule has 0 saturated carbocycles. The topological polar surface area (TPSA) is 113 Å². The van der Waals surface area contributed by atoms with E-state index in [1.807, 2.05) is 24.3 Å². The Morgan fingerprint density at radius 2 is 1.55 bits per heavy atom. The molecule has 0 fully saturated rings. The number of rotatable bonds is 10.